The summed E-state index contributed by atoms with van der Waals surface area (Å²) in [5.74, 6) is -2.26. The Morgan fingerprint density at radius 1 is 1.21 bits per heavy atom. The van der Waals surface area contributed by atoms with Gasteiger partial charge in [-0.15, -0.1) is 0 Å². The summed E-state index contributed by atoms with van der Waals surface area (Å²) in [6.45, 7) is 4.92. The molecule has 1 aliphatic heterocycles. The minimum absolute atomic E-state index is 0.150. The van der Waals surface area contributed by atoms with Gasteiger partial charge in [-0.05, 0) is 19.1 Å². The van der Waals surface area contributed by atoms with Crippen LogP contribution in [0.3, 0.4) is 0 Å². The average molecular weight is 456 g/mol. The van der Waals surface area contributed by atoms with Crippen molar-refractivity contribution in [3.05, 3.63) is 59.7 Å². The molecule has 4 rings (SSSR count). The first-order chi connectivity index (χ1) is 15.8. The van der Waals surface area contributed by atoms with Crippen molar-refractivity contribution in [2.24, 2.45) is 0 Å². The molecule has 0 spiro atoms. The summed E-state index contributed by atoms with van der Waals surface area (Å²) >= 11 is 0. The topological polar surface area (TPSA) is 96.3 Å². The van der Waals surface area contributed by atoms with Gasteiger partial charge in [-0.3, -0.25) is 9.97 Å². The van der Waals surface area contributed by atoms with E-state index in [1.807, 2.05) is 4.90 Å². The molecule has 0 aromatic carbocycles. The number of nitrogens with one attached hydrogen (secondary N) is 1. The van der Waals surface area contributed by atoms with Gasteiger partial charge in [0.25, 0.3) is 5.92 Å². The SMILES string of the molecule is Cc1cc(C(C)(F)F)c(-c2cc(NCC(O)c3cccnc3)nc(N3CCOCC3)n2)cn1. The quantitative estimate of drug-likeness (QED) is 0.559. The largest absolute Gasteiger partial charge is 0.387 e. The van der Waals surface area contributed by atoms with Crippen molar-refractivity contribution in [1.29, 1.82) is 0 Å². The van der Waals surface area contributed by atoms with E-state index in [-0.39, 0.29) is 17.7 Å². The Bertz CT molecular complexity index is 1090. The normalized spacial score (nSPS) is 15.4. The minimum atomic E-state index is -3.07. The molecule has 0 bridgehead atoms. The van der Waals surface area contributed by atoms with Gasteiger partial charge in [0, 0.05) is 73.6 Å². The monoisotopic (exact) mass is 456 g/mol. The number of hydrogen-bond acceptors (Lipinski definition) is 8. The third-order valence-electron chi connectivity index (χ3n) is 5.34. The van der Waals surface area contributed by atoms with E-state index in [0.717, 1.165) is 6.92 Å². The highest BCUT2D eigenvalue weighted by atomic mass is 19.3. The third kappa shape index (κ3) is 5.58. The third-order valence-corrected chi connectivity index (χ3v) is 5.34. The van der Waals surface area contributed by atoms with Gasteiger partial charge < -0.3 is 20.1 Å². The van der Waals surface area contributed by atoms with Crippen molar-refractivity contribution in [1.82, 2.24) is 19.9 Å². The molecule has 1 unspecified atom stereocenters. The zero-order valence-electron chi connectivity index (χ0n) is 18.5. The lowest BCUT2D eigenvalue weighted by molar-refractivity contribution is 0.0179. The van der Waals surface area contributed by atoms with E-state index < -0.39 is 12.0 Å². The number of halogens is 2. The second kappa shape index (κ2) is 9.72. The summed E-state index contributed by atoms with van der Waals surface area (Å²) in [4.78, 5) is 19.3. The van der Waals surface area contributed by atoms with Crippen LogP contribution < -0.4 is 10.2 Å². The molecular formula is C23H26F2N6O2. The molecule has 0 aliphatic carbocycles. The molecule has 8 nitrogen and oxygen atoms in total. The number of alkyl halides is 2. The highest BCUT2D eigenvalue weighted by Crippen LogP contribution is 2.36. The summed E-state index contributed by atoms with van der Waals surface area (Å²) in [5.41, 5.74) is 1.57. The van der Waals surface area contributed by atoms with Crippen molar-refractivity contribution in [3.63, 3.8) is 0 Å². The molecule has 10 heteroatoms. The molecule has 0 radical (unpaired) electrons. The van der Waals surface area contributed by atoms with Crippen LogP contribution in [0.5, 0.6) is 0 Å². The number of ether oxygens (including phenoxy) is 1. The van der Waals surface area contributed by atoms with Crippen molar-refractivity contribution in [3.8, 4) is 11.3 Å². The molecule has 0 amide bonds. The fourth-order valence-corrected chi connectivity index (χ4v) is 3.59. The maximum atomic E-state index is 14.4. The highest BCUT2D eigenvalue weighted by Gasteiger charge is 2.30. The fraction of sp³-hybridized carbons (Fsp3) is 0.391. The van der Waals surface area contributed by atoms with Gasteiger partial charge in [0.05, 0.1) is 25.0 Å². The van der Waals surface area contributed by atoms with E-state index in [1.54, 1.807) is 37.5 Å². The van der Waals surface area contributed by atoms with E-state index in [0.29, 0.717) is 55.0 Å². The Kier molecular flexibility index (Phi) is 6.75. The van der Waals surface area contributed by atoms with E-state index in [1.165, 1.54) is 12.3 Å². The average Bonchev–Trinajstić information content (AvgIpc) is 2.83. The van der Waals surface area contributed by atoms with Crippen LogP contribution in [0.1, 0.15) is 29.8 Å². The highest BCUT2D eigenvalue weighted by molar-refractivity contribution is 5.68. The first-order valence-electron chi connectivity index (χ1n) is 10.7. The van der Waals surface area contributed by atoms with Crippen molar-refractivity contribution >= 4 is 11.8 Å². The van der Waals surface area contributed by atoms with Crippen LogP contribution in [0, 0.1) is 6.92 Å². The van der Waals surface area contributed by atoms with Crippen LogP contribution in [-0.2, 0) is 10.7 Å². The number of pyridine rings is 2. The van der Waals surface area contributed by atoms with Gasteiger partial charge in [0.1, 0.15) is 5.82 Å². The molecule has 3 aromatic rings. The Morgan fingerprint density at radius 2 is 2.00 bits per heavy atom. The second-order valence-corrected chi connectivity index (χ2v) is 7.98. The summed E-state index contributed by atoms with van der Waals surface area (Å²) < 4.78 is 34.3. The Labute approximate surface area is 190 Å². The number of aliphatic hydroxyl groups is 1. The Morgan fingerprint density at radius 3 is 2.70 bits per heavy atom. The van der Waals surface area contributed by atoms with Gasteiger partial charge in [0.2, 0.25) is 5.95 Å². The number of rotatable bonds is 7. The molecule has 33 heavy (non-hydrogen) atoms. The number of anilines is 2. The number of aryl methyl sites for hydroxylation is 1. The van der Waals surface area contributed by atoms with Crippen molar-refractivity contribution in [2.45, 2.75) is 25.9 Å². The molecule has 1 atom stereocenters. The Hall–Kier alpha value is -3.24. The Balaban J connectivity index is 1.70. The van der Waals surface area contributed by atoms with E-state index in [4.69, 9.17) is 4.74 Å². The molecule has 0 saturated carbocycles. The van der Waals surface area contributed by atoms with Gasteiger partial charge in [-0.25, -0.2) is 13.8 Å². The predicted molar refractivity (Wildman–Crippen MR) is 120 cm³/mol. The number of aliphatic hydroxyl groups excluding tert-OH is 1. The lowest BCUT2D eigenvalue weighted by Crippen LogP contribution is -2.37. The van der Waals surface area contributed by atoms with Crippen LogP contribution in [0.15, 0.2) is 42.9 Å². The van der Waals surface area contributed by atoms with Crippen LogP contribution in [-0.4, -0.2) is 57.9 Å². The fourth-order valence-electron chi connectivity index (χ4n) is 3.59. The molecule has 1 fully saturated rings. The van der Waals surface area contributed by atoms with Crippen LogP contribution >= 0.6 is 0 Å². The summed E-state index contributed by atoms with van der Waals surface area (Å²) in [6.07, 6.45) is 3.82. The predicted octanol–water partition coefficient (Wildman–Crippen LogP) is 3.34. The molecule has 4 heterocycles. The summed E-state index contributed by atoms with van der Waals surface area (Å²) in [5, 5.41) is 13.6. The molecule has 2 N–H and O–H groups in total. The number of morpholine rings is 1. The van der Waals surface area contributed by atoms with Crippen LogP contribution in [0.25, 0.3) is 11.3 Å². The second-order valence-electron chi connectivity index (χ2n) is 7.98. The summed E-state index contributed by atoms with van der Waals surface area (Å²) in [6, 6.07) is 6.50. The van der Waals surface area contributed by atoms with Gasteiger partial charge in [-0.2, -0.15) is 4.98 Å². The first-order valence-corrected chi connectivity index (χ1v) is 10.7. The maximum absolute atomic E-state index is 14.4. The smallest absolute Gasteiger partial charge is 0.271 e. The number of aromatic nitrogens is 4. The maximum Gasteiger partial charge on any atom is 0.271 e. The molecule has 3 aromatic heterocycles. The molecule has 174 valence electrons. The zero-order valence-corrected chi connectivity index (χ0v) is 18.5. The molecule has 1 saturated heterocycles. The molecular weight excluding hydrogens is 430 g/mol. The van der Waals surface area contributed by atoms with Gasteiger partial charge in [-0.1, -0.05) is 6.07 Å². The lowest BCUT2D eigenvalue weighted by Gasteiger charge is -2.27. The zero-order chi connectivity index (χ0) is 23.4. The van der Waals surface area contributed by atoms with Crippen molar-refractivity contribution in [2.75, 3.05) is 43.1 Å². The minimum Gasteiger partial charge on any atom is -0.387 e. The van der Waals surface area contributed by atoms with Crippen molar-refractivity contribution < 1.29 is 18.6 Å². The standard InChI is InChI=1S/C23H26F2N6O2/c1-15-10-18(23(2,24)25)17(13-27-15)19-11-21(28-14-20(32)16-4-3-5-26-12-16)30-22(29-19)31-6-8-33-9-7-31/h3-5,10-13,20,32H,6-9,14H2,1-2H3,(H,28,29,30). The summed E-state index contributed by atoms with van der Waals surface area (Å²) in [7, 11) is 0. The van der Waals surface area contributed by atoms with Crippen LogP contribution in [0.4, 0.5) is 20.5 Å². The lowest BCUT2D eigenvalue weighted by atomic mass is 10.0. The van der Waals surface area contributed by atoms with Gasteiger partial charge in [0.15, 0.2) is 0 Å². The molecule has 1 aliphatic rings. The first kappa shape index (κ1) is 22.9. The number of hydrogen-bond donors (Lipinski definition) is 2. The van der Waals surface area contributed by atoms with E-state index >= 15 is 0 Å². The number of nitrogens with zero attached hydrogens (tertiary/aromatic N) is 5. The van der Waals surface area contributed by atoms with E-state index in [2.05, 4.69) is 25.3 Å². The van der Waals surface area contributed by atoms with Crippen LogP contribution in [0.2, 0.25) is 0 Å². The van der Waals surface area contributed by atoms with E-state index in [9.17, 15) is 13.9 Å². The van der Waals surface area contributed by atoms with Gasteiger partial charge >= 0.3 is 0 Å².